The van der Waals surface area contributed by atoms with Crippen LogP contribution in [0.15, 0.2) is 47.4 Å². The second-order valence-electron chi connectivity index (χ2n) is 3.75. The first-order valence-electron chi connectivity index (χ1n) is 5.51. The number of carbonyl (C=O) groups is 1. The Kier molecular flexibility index (Phi) is 4.20. The number of amides is 1. The van der Waals surface area contributed by atoms with Gasteiger partial charge in [-0.1, -0.05) is 41.9 Å². The van der Waals surface area contributed by atoms with Gasteiger partial charge in [0.15, 0.2) is 0 Å². The van der Waals surface area contributed by atoms with E-state index < -0.39 is 6.09 Å². The third-order valence-corrected chi connectivity index (χ3v) is 2.55. The fraction of sp³-hybridized carbons (Fsp3) is 0.0769. The van der Waals surface area contributed by atoms with Crippen molar-refractivity contribution in [1.82, 2.24) is 4.98 Å². The van der Waals surface area contributed by atoms with Crippen molar-refractivity contribution >= 4 is 23.4 Å². The predicted octanol–water partition coefficient (Wildman–Crippen LogP) is 2.78. The number of nitrogens with one attached hydrogen (secondary N) is 2. The van der Waals surface area contributed by atoms with Gasteiger partial charge in [0.1, 0.15) is 17.4 Å². The number of pyridine rings is 1. The second kappa shape index (κ2) is 6.06. The quantitative estimate of drug-likeness (QED) is 0.848. The van der Waals surface area contributed by atoms with Crippen LogP contribution in [0.2, 0.25) is 5.15 Å². The van der Waals surface area contributed by atoms with Crippen LogP contribution in [0.1, 0.15) is 5.56 Å². The average Bonchev–Trinajstić information content (AvgIpc) is 2.41. The molecule has 19 heavy (non-hydrogen) atoms. The summed E-state index contributed by atoms with van der Waals surface area (Å²) in [6, 6.07) is 10.4. The zero-order valence-corrected chi connectivity index (χ0v) is 10.6. The fourth-order valence-electron chi connectivity index (χ4n) is 1.41. The molecule has 0 atom stereocenters. The number of H-pyrrole nitrogens is 1. The maximum absolute atomic E-state index is 11.5. The molecule has 0 spiro atoms. The molecule has 1 aromatic heterocycles. The lowest BCUT2D eigenvalue weighted by atomic mass is 10.2. The highest BCUT2D eigenvalue weighted by atomic mass is 35.5. The van der Waals surface area contributed by atoms with E-state index in [1.165, 1.54) is 12.3 Å². The SMILES string of the molecule is O=C(Nc1c[nH]c(Cl)cc1=O)OCc1ccccc1. The Bertz CT molecular complexity index is 625. The Morgan fingerprint density at radius 2 is 2.05 bits per heavy atom. The van der Waals surface area contributed by atoms with E-state index in [-0.39, 0.29) is 22.9 Å². The van der Waals surface area contributed by atoms with Crippen LogP contribution in [0.5, 0.6) is 0 Å². The molecule has 2 rings (SSSR count). The number of ether oxygens (including phenoxy) is 1. The summed E-state index contributed by atoms with van der Waals surface area (Å²) in [4.78, 5) is 25.6. The Balaban J connectivity index is 1.93. The van der Waals surface area contributed by atoms with Crippen LogP contribution in [0.25, 0.3) is 0 Å². The van der Waals surface area contributed by atoms with Gasteiger partial charge in [0.05, 0.1) is 0 Å². The molecule has 0 bridgehead atoms. The molecule has 98 valence electrons. The molecule has 0 fully saturated rings. The summed E-state index contributed by atoms with van der Waals surface area (Å²) in [5.74, 6) is 0. The molecule has 2 N–H and O–H groups in total. The Hall–Kier alpha value is -2.27. The van der Waals surface area contributed by atoms with Gasteiger partial charge in [-0.25, -0.2) is 4.79 Å². The standard InChI is InChI=1S/C13H11ClN2O3/c14-12-6-11(17)10(7-15-12)16-13(18)19-8-9-4-2-1-3-5-9/h1-7H,8H2,(H,15,17)(H,16,18). The topological polar surface area (TPSA) is 71.2 Å². The lowest BCUT2D eigenvalue weighted by Crippen LogP contribution is -2.19. The van der Waals surface area contributed by atoms with Crippen molar-refractivity contribution in [2.24, 2.45) is 0 Å². The molecular weight excluding hydrogens is 268 g/mol. The lowest BCUT2D eigenvalue weighted by Gasteiger charge is -2.06. The van der Waals surface area contributed by atoms with Crippen LogP contribution in [0.3, 0.4) is 0 Å². The van der Waals surface area contributed by atoms with Gasteiger partial charge in [0.25, 0.3) is 0 Å². The van der Waals surface area contributed by atoms with Crippen LogP contribution in [-0.2, 0) is 11.3 Å². The van der Waals surface area contributed by atoms with Gasteiger partial charge in [0.2, 0.25) is 5.43 Å². The van der Waals surface area contributed by atoms with Gasteiger partial charge in [-0.05, 0) is 5.56 Å². The normalized spacial score (nSPS) is 9.95. The molecule has 5 nitrogen and oxygen atoms in total. The minimum Gasteiger partial charge on any atom is -0.444 e. The number of aromatic amines is 1. The number of aromatic nitrogens is 1. The van der Waals surface area contributed by atoms with Gasteiger partial charge in [-0.15, -0.1) is 0 Å². The van der Waals surface area contributed by atoms with Crippen LogP contribution >= 0.6 is 11.6 Å². The van der Waals surface area contributed by atoms with Crippen molar-refractivity contribution < 1.29 is 9.53 Å². The Morgan fingerprint density at radius 3 is 2.74 bits per heavy atom. The van der Waals surface area contributed by atoms with Crippen molar-refractivity contribution in [2.75, 3.05) is 5.32 Å². The largest absolute Gasteiger partial charge is 0.444 e. The highest BCUT2D eigenvalue weighted by Gasteiger charge is 2.07. The van der Waals surface area contributed by atoms with Crippen molar-refractivity contribution in [3.05, 3.63) is 63.5 Å². The molecule has 1 amide bonds. The van der Waals surface area contributed by atoms with E-state index in [1.807, 2.05) is 30.3 Å². The fourth-order valence-corrected chi connectivity index (χ4v) is 1.57. The number of hydrogen-bond donors (Lipinski definition) is 2. The maximum atomic E-state index is 11.5. The highest BCUT2D eigenvalue weighted by molar-refractivity contribution is 6.29. The van der Waals surface area contributed by atoms with Gasteiger partial charge in [-0.3, -0.25) is 10.1 Å². The van der Waals surface area contributed by atoms with E-state index in [1.54, 1.807) is 0 Å². The zero-order valence-electron chi connectivity index (χ0n) is 9.85. The van der Waals surface area contributed by atoms with Crippen LogP contribution in [0.4, 0.5) is 10.5 Å². The molecule has 6 heteroatoms. The van der Waals surface area contributed by atoms with E-state index in [2.05, 4.69) is 10.3 Å². The summed E-state index contributed by atoms with van der Waals surface area (Å²) in [7, 11) is 0. The van der Waals surface area contributed by atoms with E-state index >= 15 is 0 Å². The minimum atomic E-state index is -0.698. The number of benzene rings is 1. The summed E-state index contributed by atoms with van der Waals surface area (Å²) in [6.07, 6.45) is 0.616. The molecule has 0 saturated carbocycles. The molecule has 0 aliphatic rings. The Labute approximate surface area is 114 Å². The van der Waals surface area contributed by atoms with Crippen molar-refractivity contribution in [1.29, 1.82) is 0 Å². The summed E-state index contributed by atoms with van der Waals surface area (Å²) in [5, 5.41) is 2.55. The van der Waals surface area contributed by atoms with E-state index in [0.29, 0.717) is 0 Å². The van der Waals surface area contributed by atoms with Gasteiger partial charge >= 0.3 is 6.09 Å². The summed E-state index contributed by atoms with van der Waals surface area (Å²) >= 11 is 5.60. The van der Waals surface area contributed by atoms with Gasteiger partial charge in [0, 0.05) is 12.3 Å². The Morgan fingerprint density at radius 1 is 1.32 bits per heavy atom. The summed E-state index contributed by atoms with van der Waals surface area (Å²) < 4.78 is 4.98. The first-order valence-corrected chi connectivity index (χ1v) is 5.89. The van der Waals surface area contributed by atoms with E-state index in [4.69, 9.17) is 16.3 Å². The number of hydrogen-bond acceptors (Lipinski definition) is 3. The molecule has 1 heterocycles. The molecule has 1 aromatic carbocycles. The second-order valence-corrected chi connectivity index (χ2v) is 4.15. The predicted molar refractivity (Wildman–Crippen MR) is 72.3 cm³/mol. The average molecular weight is 279 g/mol. The summed E-state index contributed by atoms with van der Waals surface area (Å²) in [6.45, 7) is 0.137. The lowest BCUT2D eigenvalue weighted by molar-refractivity contribution is 0.155. The molecule has 0 unspecified atom stereocenters. The maximum Gasteiger partial charge on any atom is 0.412 e. The van der Waals surface area contributed by atoms with Crippen LogP contribution in [-0.4, -0.2) is 11.1 Å². The van der Waals surface area contributed by atoms with Crippen LogP contribution < -0.4 is 10.7 Å². The van der Waals surface area contributed by atoms with E-state index in [9.17, 15) is 9.59 Å². The smallest absolute Gasteiger partial charge is 0.412 e. The van der Waals surface area contributed by atoms with E-state index in [0.717, 1.165) is 5.56 Å². The van der Waals surface area contributed by atoms with Crippen LogP contribution in [0, 0.1) is 0 Å². The van der Waals surface area contributed by atoms with Gasteiger partial charge in [-0.2, -0.15) is 0 Å². The number of rotatable bonds is 3. The van der Waals surface area contributed by atoms with Crippen molar-refractivity contribution in [3.8, 4) is 0 Å². The third kappa shape index (κ3) is 3.86. The summed E-state index contributed by atoms with van der Waals surface area (Å²) in [5.41, 5.74) is 0.561. The molecular formula is C13H11ClN2O3. The first-order chi connectivity index (χ1) is 9.15. The molecule has 0 saturated heterocycles. The zero-order chi connectivity index (χ0) is 13.7. The molecule has 0 aliphatic heterocycles. The third-order valence-electron chi connectivity index (χ3n) is 2.33. The van der Waals surface area contributed by atoms with Crippen molar-refractivity contribution in [3.63, 3.8) is 0 Å². The van der Waals surface area contributed by atoms with Crippen molar-refractivity contribution in [2.45, 2.75) is 6.61 Å². The molecule has 0 aliphatic carbocycles. The van der Waals surface area contributed by atoms with Gasteiger partial charge < -0.3 is 9.72 Å². The highest BCUT2D eigenvalue weighted by Crippen LogP contribution is 2.05. The first kappa shape index (κ1) is 13.2. The monoisotopic (exact) mass is 278 g/mol. The minimum absolute atomic E-state index is 0.0856. The number of anilines is 1. The number of carbonyl (C=O) groups excluding carboxylic acids is 1. The molecule has 0 radical (unpaired) electrons. The molecule has 2 aromatic rings. The number of halogens is 1.